The summed E-state index contributed by atoms with van der Waals surface area (Å²) in [7, 11) is 0. The Labute approximate surface area is 91.8 Å². The predicted octanol–water partition coefficient (Wildman–Crippen LogP) is 0.858. The Morgan fingerprint density at radius 2 is 2.25 bits per heavy atom. The standard InChI is InChI=1S/C10H12N2O4/c1-6-7(5-8(11)10(13)14)3-2-4-9(6)12(15)16/h2-4,8H,5,11H2,1H3,(H,13,14)/t8-/m1/s1. The van der Waals surface area contributed by atoms with Gasteiger partial charge in [-0.1, -0.05) is 12.1 Å². The minimum absolute atomic E-state index is 0.0184. The van der Waals surface area contributed by atoms with Crippen LogP contribution in [0.15, 0.2) is 18.2 Å². The first-order valence-electron chi connectivity index (χ1n) is 4.64. The maximum absolute atomic E-state index is 10.7. The van der Waals surface area contributed by atoms with E-state index < -0.39 is 16.9 Å². The lowest BCUT2D eigenvalue weighted by atomic mass is 10.0. The molecule has 6 heteroatoms. The molecule has 0 unspecified atom stereocenters. The average molecular weight is 224 g/mol. The van der Waals surface area contributed by atoms with Gasteiger partial charge in [0.2, 0.25) is 0 Å². The molecule has 3 N–H and O–H groups in total. The fourth-order valence-electron chi connectivity index (χ4n) is 1.41. The van der Waals surface area contributed by atoms with E-state index >= 15 is 0 Å². The first kappa shape index (κ1) is 12.1. The maximum atomic E-state index is 10.7. The largest absolute Gasteiger partial charge is 0.480 e. The van der Waals surface area contributed by atoms with Gasteiger partial charge in [0, 0.05) is 11.6 Å². The lowest BCUT2D eigenvalue weighted by molar-refractivity contribution is -0.385. The Bertz CT molecular complexity index is 431. The maximum Gasteiger partial charge on any atom is 0.320 e. The minimum atomic E-state index is -1.12. The van der Waals surface area contributed by atoms with Gasteiger partial charge in [-0.2, -0.15) is 0 Å². The minimum Gasteiger partial charge on any atom is -0.480 e. The highest BCUT2D eigenvalue weighted by Gasteiger charge is 2.18. The Morgan fingerprint density at radius 1 is 1.62 bits per heavy atom. The zero-order valence-corrected chi connectivity index (χ0v) is 8.71. The van der Waals surface area contributed by atoms with E-state index in [0.29, 0.717) is 11.1 Å². The molecule has 0 bridgehead atoms. The second-order valence-electron chi connectivity index (χ2n) is 3.47. The molecule has 1 aromatic rings. The van der Waals surface area contributed by atoms with E-state index in [1.807, 2.05) is 0 Å². The number of carboxylic acid groups (broad SMARTS) is 1. The number of hydrogen-bond donors (Lipinski definition) is 2. The van der Waals surface area contributed by atoms with Crippen molar-refractivity contribution in [3.8, 4) is 0 Å². The van der Waals surface area contributed by atoms with Crippen LogP contribution >= 0.6 is 0 Å². The molecule has 0 amide bonds. The normalized spacial score (nSPS) is 12.1. The summed E-state index contributed by atoms with van der Waals surface area (Å²) in [4.78, 5) is 20.7. The van der Waals surface area contributed by atoms with Crippen molar-refractivity contribution in [2.75, 3.05) is 0 Å². The third-order valence-electron chi connectivity index (χ3n) is 2.37. The van der Waals surface area contributed by atoms with Crippen LogP contribution in [-0.2, 0) is 11.2 Å². The highest BCUT2D eigenvalue weighted by atomic mass is 16.6. The van der Waals surface area contributed by atoms with E-state index in [9.17, 15) is 14.9 Å². The van der Waals surface area contributed by atoms with Gasteiger partial charge in [0.05, 0.1) is 4.92 Å². The second kappa shape index (κ2) is 4.71. The SMILES string of the molecule is Cc1c(C[C@@H](N)C(=O)O)cccc1[N+](=O)[O-]. The van der Waals surface area contributed by atoms with Crippen molar-refractivity contribution >= 4 is 11.7 Å². The quantitative estimate of drug-likeness (QED) is 0.582. The Morgan fingerprint density at radius 3 is 2.75 bits per heavy atom. The topological polar surface area (TPSA) is 106 Å². The molecule has 16 heavy (non-hydrogen) atoms. The summed E-state index contributed by atoms with van der Waals surface area (Å²) in [5, 5.41) is 19.3. The van der Waals surface area contributed by atoms with Crippen molar-refractivity contribution in [2.24, 2.45) is 5.73 Å². The Balaban J connectivity index is 3.02. The number of benzene rings is 1. The molecule has 0 saturated carbocycles. The number of rotatable bonds is 4. The van der Waals surface area contributed by atoms with E-state index in [2.05, 4.69) is 0 Å². The molecule has 0 aliphatic carbocycles. The van der Waals surface area contributed by atoms with Gasteiger partial charge in [-0.05, 0) is 18.9 Å². The van der Waals surface area contributed by atoms with Crippen molar-refractivity contribution in [2.45, 2.75) is 19.4 Å². The summed E-state index contributed by atoms with van der Waals surface area (Å²) in [5.41, 5.74) is 6.41. The molecule has 1 atom stereocenters. The summed E-state index contributed by atoms with van der Waals surface area (Å²) in [6, 6.07) is 3.51. The van der Waals surface area contributed by atoms with Crippen LogP contribution in [0.1, 0.15) is 11.1 Å². The van der Waals surface area contributed by atoms with Crippen molar-refractivity contribution in [1.29, 1.82) is 0 Å². The van der Waals surface area contributed by atoms with E-state index in [0.717, 1.165) is 0 Å². The van der Waals surface area contributed by atoms with Crippen LogP contribution in [0, 0.1) is 17.0 Å². The monoisotopic (exact) mass is 224 g/mol. The summed E-state index contributed by atoms with van der Waals surface area (Å²) >= 11 is 0. The zero-order valence-electron chi connectivity index (χ0n) is 8.71. The molecule has 1 aromatic carbocycles. The fraction of sp³-hybridized carbons (Fsp3) is 0.300. The molecule has 0 aliphatic rings. The summed E-state index contributed by atoms with van der Waals surface area (Å²) in [6.45, 7) is 1.59. The van der Waals surface area contributed by atoms with E-state index in [1.54, 1.807) is 13.0 Å². The van der Waals surface area contributed by atoms with Crippen LogP contribution in [-0.4, -0.2) is 22.0 Å². The number of carboxylic acids is 1. The summed E-state index contributed by atoms with van der Waals surface area (Å²) in [5.74, 6) is -1.12. The Kier molecular flexibility index (Phi) is 3.57. The van der Waals surface area contributed by atoms with Crippen LogP contribution in [0.5, 0.6) is 0 Å². The van der Waals surface area contributed by atoms with Gasteiger partial charge in [0.25, 0.3) is 5.69 Å². The molecule has 0 heterocycles. The van der Waals surface area contributed by atoms with Crippen LogP contribution in [0.4, 0.5) is 5.69 Å². The first-order chi connectivity index (χ1) is 7.43. The number of hydrogen-bond acceptors (Lipinski definition) is 4. The molecule has 0 spiro atoms. The van der Waals surface area contributed by atoms with Gasteiger partial charge < -0.3 is 10.8 Å². The second-order valence-corrected chi connectivity index (χ2v) is 3.47. The van der Waals surface area contributed by atoms with Crippen molar-refractivity contribution in [1.82, 2.24) is 0 Å². The van der Waals surface area contributed by atoms with Crippen LogP contribution < -0.4 is 5.73 Å². The van der Waals surface area contributed by atoms with Crippen LogP contribution in [0.3, 0.4) is 0 Å². The van der Waals surface area contributed by atoms with Crippen molar-refractivity contribution in [3.05, 3.63) is 39.4 Å². The van der Waals surface area contributed by atoms with Crippen molar-refractivity contribution < 1.29 is 14.8 Å². The van der Waals surface area contributed by atoms with E-state index in [1.165, 1.54) is 12.1 Å². The van der Waals surface area contributed by atoms with Crippen LogP contribution in [0.25, 0.3) is 0 Å². The highest BCUT2D eigenvalue weighted by molar-refractivity contribution is 5.73. The first-order valence-corrected chi connectivity index (χ1v) is 4.64. The molecule has 1 rings (SSSR count). The molecular formula is C10H12N2O4. The molecule has 86 valence electrons. The van der Waals surface area contributed by atoms with Gasteiger partial charge in [-0.15, -0.1) is 0 Å². The Hall–Kier alpha value is -1.95. The van der Waals surface area contributed by atoms with Gasteiger partial charge in [-0.3, -0.25) is 14.9 Å². The molecule has 0 aliphatic heterocycles. The molecule has 6 nitrogen and oxygen atoms in total. The fourth-order valence-corrected chi connectivity index (χ4v) is 1.41. The lowest BCUT2D eigenvalue weighted by Crippen LogP contribution is -2.32. The predicted molar refractivity (Wildman–Crippen MR) is 57.1 cm³/mol. The third kappa shape index (κ3) is 2.54. The van der Waals surface area contributed by atoms with Crippen LogP contribution in [0.2, 0.25) is 0 Å². The lowest BCUT2D eigenvalue weighted by Gasteiger charge is -2.09. The van der Waals surface area contributed by atoms with E-state index in [-0.39, 0.29) is 12.1 Å². The number of nitrogens with two attached hydrogens (primary N) is 1. The van der Waals surface area contributed by atoms with Crippen molar-refractivity contribution in [3.63, 3.8) is 0 Å². The molecule has 0 aromatic heterocycles. The summed E-state index contributed by atoms with van der Waals surface area (Å²) < 4.78 is 0. The number of nitro groups is 1. The average Bonchev–Trinajstić information content (AvgIpc) is 2.20. The van der Waals surface area contributed by atoms with E-state index in [4.69, 9.17) is 10.8 Å². The zero-order chi connectivity index (χ0) is 12.3. The molecular weight excluding hydrogens is 212 g/mol. The molecule has 0 saturated heterocycles. The summed E-state index contributed by atoms with van der Waals surface area (Å²) in [6.07, 6.45) is 0.0862. The number of nitro benzene ring substituents is 1. The number of carbonyl (C=O) groups is 1. The smallest absolute Gasteiger partial charge is 0.320 e. The third-order valence-corrected chi connectivity index (χ3v) is 2.37. The molecule has 0 fully saturated rings. The number of nitrogens with zero attached hydrogens (tertiary/aromatic N) is 1. The van der Waals surface area contributed by atoms with Gasteiger partial charge in [0.15, 0.2) is 0 Å². The number of aliphatic carboxylic acids is 1. The van der Waals surface area contributed by atoms with Gasteiger partial charge in [0.1, 0.15) is 6.04 Å². The highest BCUT2D eigenvalue weighted by Crippen LogP contribution is 2.21. The van der Waals surface area contributed by atoms with Gasteiger partial charge >= 0.3 is 5.97 Å². The molecule has 0 radical (unpaired) electrons. The van der Waals surface area contributed by atoms with Gasteiger partial charge in [-0.25, -0.2) is 0 Å².